The van der Waals surface area contributed by atoms with Gasteiger partial charge >= 0.3 is 0 Å². The summed E-state index contributed by atoms with van der Waals surface area (Å²) in [5.74, 6) is 0.239. The number of nitrogens with zero attached hydrogens (tertiary/aromatic N) is 3. The molecule has 0 radical (unpaired) electrons. The highest BCUT2D eigenvalue weighted by Gasteiger charge is 2.31. The van der Waals surface area contributed by atoms with Crippen molar-refractivity contribution in [1.82, 2.24) is 9.55 Å². The number of amides is 1. The maximum atomic E-state index is 13.1. The molecule has 2 heterocycles. The summed E-state index contributed by atoms with van der Waals surface area (Å²) in [6.07, 6.45) is 3.75. The SMILES string of the molecule is Cc1ccc(C2C=C(Cl)c3c(ncn(-c4ccc(Cl)cc4)c3=O)N2C=O)cc1. The van der Waals surface area contributed by atoms with Crippen molar-refractivity contribution >= 4 is 40.5 Å². The highest BCUT2D eigenvalue weighted by atomic mass is 35.5. The molecule has 3 aromatic rings. The van der Waals surface area contributed by atoms with Gasteiger partial charge in [-0.1, -0.05) is 53.0 Å². The average molecular weight is 412 g/mol. The molecule has 0 bridgehead atoms. The number of carbonyl (C=O) groups excluding carboxylic acids is 1. The van der Waals surface area contributed by atoms with Gasteiger partial charge in [-0.25, -0.2) is 4.98 Å². The molecule has 0 saturated heterocycles. The van der Waals surface area contributed by atoms with Crippen molar-refractivity contribution in [3.63, 3.8) is 0 Å². The number of rotatable bonds is 3. The Morgan fingerprint density at radius 1 is 1.04 bits per heavy atom. The van der Waals surface area contributed by atoms with Crippen LogP contribution in [0.5, 0.6) is 0 Å². The van der Waals surface area contributed by atoms with Crippen molar-refractivity contribution in [3.8, 4) is 5.69 Å². The molecule has 1 unspecified atom stereocenters. The molecule has 1 aromatic heterocycles. The summed E-state index contributed by atoms with van der Waals surface area (Å²) in [7, 11) is 0. The zero-order chi connectivity index (χ0) is 19.8. The summed E-state index contributed by atoms with van der Waals surface area (Å²) < 4.78 is 1.38. The van der Waals surface area contributed by atoms with Gasteiger partial charge in [-0.3, -0.25) is 19.1 Å². The summed E-state index contributed by atoms with van der Waals surface area (Å²) in [4.78, 5) is 30.7. The predicted octanol–water partition coefficient (Wildman–Crippen LogP) is 4.49. The molecule has 1 amide bonds. The molecule has 7 heteroatoms. The van der Waals surface area contributed by atoms with Crippen molar-refractivity contribution < 1.29 is 4.79 Å². The minimum atomic E-state index is -0.434. The van der Waals surface area contributed by atoms with Gasteiger partial charge in [-0.2, -0.15) is 0 Å². The highest BCUT2D eigenvalue weighted by Crippen LogP contribution is 2.38. The third-order valence-corrected chi connectivity index (χ3v) is 5.24. The summed E-state index contributed by atoms with van der Waals surface area (Å²) in [6, 6.07) is 14.1. The van der Waals surface area contributed by atoms with Crippen LogP contribution in [0.1, 0.15) is 22.7 Å². The van der Waals surface area contributed by atoms with Crippen LogP contribution in [0.4, 0.5) is 5.82 Å². The first kappa shape index (κ1) is 18.5. The molecular weight excluding hydrogens is 397 g/mol. The summed E-state index contributed by atoms with van der Waals surface area (Å²) in [6.45, 7) is 1.99. The Kier molecular flexibility index (Phi) is 4.79. The van der Waals surface area contributed by atoms with Gasteiger partial charge in [0.25, 0.3) is 5.56 Å². The molecule has 0 aliphatic carbocycles. The third kappa shape index (κ3) is 3.13. The van der Waals surface area contributed by atoms with E-state index >= 15 is 0 Å². The fraction of sp³-hybridized carbons (Fsp3) is 0.0952. The lowest BCUT2D eigenvalue weighted by Crippen LogP contribution is -2.35. The molecule has 0 N–H and O–H groups in total. The minimum Gasteiger partial charge on any atom is -0.287 e. The Morgan fingerprint density at radius 3 is 2.36 bits per heavy atom. The van der Waals surface area contributed by atoms with Gasteiger partial charge in [0, 0.05) is 5.02 Å². The second kappa shape index (κ2) is 7.26. The monoisotopic (exact) mass is 411 g/mol. The van der Waals surface area contributed by atoms with Crippen LogP contribution in [-0.4, -0.2) is 16.0 Å². The molecule has 2 aromatic carbocycles. The first-order valence-corrected chi connectivity index (χ1v) is 9.30. The summed E-state index contributed by atoms with van der Waals surface area (Å²) in [5, 5.41) is 0.827. The fourth-order valence-electron chi connectivity index (χ4n) is 3.21. The van der Waals surface area contributed by atoms with E-state index in [4.69, 9.17) is 23.2 Å². The molecule has 1 atom stereocenters. The predicted molar refractivity (Wildman–Crippen MR) is 111 cm³/mol. The van der Waals surface area contributed by atoms with Crippen molar-refractivity contribution in [1.29, 1.82) is 0 Å². The van der Waals surface area contributed by atoms with Crippen LogP contribution in [0, 0.1) is 6.92 Å². The average Bonchev–Trinajstić information content (AvgIpc) is 2.69. The van der Waals surface area contributed by atoms with E-state index in [1.165, 1.54) is 15.8 Å². The van der Waals surface area contributed by atoms with Gasteiger partial charge in [0.15, 0.2) is 5.82 Å². The Balaban J connectivity index is 1.85. The van der Waals surface area contributed by atoms with E-state index in [0.29, 0.717) is 17.1 Å². The maximum absolute atomic E-state index is 13.1. The van der Waals surface area contributed by atoms with Gasteiger partial charge in [0.2, 0.25) is 6.41 Å². The second-order valence-electron chi connectivity index (χ2n) is 6.48. The van der Waals surface area contributed by atoms with Crippen LogP contribution in [0.15, 0.2) is 65.7 Å². The van der Waals surface area contributed by atoms with Gasteiger partial charge in [0.1, 0.15) is 11.9 Å². The lowest BCUT2D eigenvalue weighted by molar-refractivity contribution is -0.107. The summed E-state index contributed by atoms with van der Waals surface area (Å²) in [5.41, 5.74) is 2.42. The Morgan fingerprint density at radius 2 is 1.71 bits per heavy atom. The highest BCUT2D eigenvalue weighted by molar-refractivity contribution is 6.49. The van der Waals surface area contributed by atoms with Crippen LogP contribution in [0.25, 0.3) is 10.7 Å². The van der Waals surface area contributed by atoms with Crippen LogP contribution >= 0.6 is 23.2 Å². The third-order valence-electron chi connectivity index (χ3n) is 4.68. The Hall–Kier alpha value is -2.89. The molecule has 1 aliphatic rings. The van der Waals surface area contributed by atoms with Crippen molar-refractivity contribution in [3.05, 3.63) is 93.0 Å². The van der Waals surface area contributed by atoms with Crippen molar-refractivity contribution in [2.24, 2.45) is 0 Å². The number of fused-ring (bicyclic) bond motifs is 1. The van der Waals surface area contributed by atoms with Gasteiger partial charge in [0.05, 0.1) is 16.8 Å². The molecule has 28 heavy (non-hydrogen) atoms. The van der Waals surface area contributed by atoms with Gasteiger partial charge in [-0.05, 0) is 42.8 Å². The Labute approximate surface area is 171 Å². The first-order valence-electron chi connectivity index (χ1n) is 8.55. The molecule has 0 fully saturated rings. The molecule has 140 valence electrons. The van der Waals surface area contributed by atoms with E-state index in [9.17, 15) is 9.59 Å². The lowest BCUT2D eigenvalue weighted by Gasteiger charge is -2.31. The number of hydrogen-bond acceptors (Lipinski definition) is 3. The molecule has 0 saturated carbocycles. The van der Waals surface area contributed by atoms with Crippen LogP contribution in [0.3, 0.4) is 0 Å². The number of halogens is 2. The zero-order valence-electron chi connectivity index (χ0n) is 14.8. The number of carbonyl (C=O) groups is 1. The van der Waals surface area contributed by atoms with Crippen LogP contribution in [0.2, 0.25) is 5.02 Å². The zero-order valence-corrected chi connectivity index (χ0v) is 16.4. The smallest absolute Gasteiger partial charge is 0.268 e. The van der Waals surface area contributed by atoms with E-state index in [0.717, 1.165) is 11.1 Å². The number of aromatic nitrogens is 2. The minimum absolute atomic E-state index is 0.189. The number of aryl methyl sites for hydroxylation is 1. The molecular formula is C21H15Cl2N3O2. The largest absolute Gasteiger partial charge is 0.287 e. The number of anilines is 1. The molecule has 0 spiro atoms. The lowest BCUT2D eigenvalue weighted by atomic mass is 9.99. The van der Waals surface area contributed by atoms with E-state index in [1.807, 2.05) is 31.2 Å². The Bertz CT molecular complexity index is 1140. The second-order valence-corrected chi connectivity index (χ2v) is 7.32. The van der Waals surface area contributed by atoms with E-state index in [1.54, 1.807) is 30.3 Å². The topological polar surface area (TPSA) is 55.2 Å². The molecule has 4 rings (SSSR count). The first-order chi connectivity index (χ1) is 13.5. The number of hydrogen-bond donors (Lipinski definition) is 0. The maximum Gasteiger partial charge on any atom is 0.268 e. The van der Waals surface area contributed by atoms with Crippen molar-refractivity contribution in [2.75, 3.05) is 4.90 Å². The molecule has 5 nitrogen and oxygen atoms in total. The fourth-order valence-corrected chi connectivity index (χ4v) is 3.62. The normalized spacial score (nSPS) is 15.8. The van der Waals surface area contributed by atoms with E-state index in [2.05, 4.69) is 4.98 Å². The van der Waals surface area contributed by atoms with Gasteiger partial charge < -0.3 is 0 Å². The van der Waals surface area contributed by atoms with E-state index in [-0.39, 0.29) is 22.0 Å². The quantitative estimate of drug-likeness (QED) is 0.596. The van der Waals surface area contributed by atoms with Crippen LogP contribution < -0.4 is 10.5 Å². The van der Waals surface area contributed by atoms with E-state index < -0.39 is 6.04 Å². The van der Waals surface area contributed by atoms with Crippen LogP contribution in [-0.2, 0) is 4.79 Å². The van der Waals surface area contributed by atoms with Gasteiger partial charge in [-0.15, -0.1) is 0 Å². The standard InChI is InChI=1S/C21H15Cl2N3O2/c1-13-2-4-14(5-3-13)18-10-17(23)19-20(26(18)12-27)24-11-25(21(19)28)16-8-6-15(22)7-9-16/h2-12,18H,1H3. The number of benzene rings is 2. The molecule has 1 aliphatic heterocycles. The van der Waals surface area contributed by atoms with Crippen molar-refractivity contribution in [2.45, 2.75) is 13.0 Å². The summed E-state index contributed by atoms with van der Waals surface area (Å²) >= 11 is 12.4.